The first-order chi connectivity index (χ1) is 6.89. The van der Waals surface area contributed by atoms with Gasteiger partial charge in [-0.3, -0.25) is 4.79 Å². The SMILES string of the molecule is NC(=S)CS(=O)(=O)NC1CCC(=O)NC1. The lowest BCUT2D eigenvalue weighted by Crippen LogP contribution is -2.49. The van der Waals surface area contributed by atoms with Gasteiger partial charge in [0.05, 0.1) is 4.99 Å². The Bertz CT molecular complexity index is 356. The summed E-state index contributed by atoms with van der Waals surface area (Å²) >= 11 is 4.52. The maximum absolute atomic E-state index is 11.4. The van der Waals surface area contributed by atoms with Crippen molar-refractivity contribution < 1.29 is 13.2 Å². The fraction of sp³-hybridized carbons (Fsp3) is 0.714. The number of thiocarbonyl (C=S) groups is 1. The molecule has 1 aliphatic heterocycles. The number of carbonyl (C=O) groups is 1. The number of rotatable bonds is 4. The van der Waals surface area contributed by atoms with E-state index in [0.29, 0.717) is 19.4 Å². The summed E-state index contributed by atoms with van der Waals surface area (Å²) in [5.41, 5.74) is 5.15. The number of nitrogens with two attached hydrogens (primary N) is 1. The fourth-order valence-corrected chi connectivity index (χ4v) is 2.95. The molecular formula is C7H13N3O3S2. The van der Waals surface area contributed by atoms with Gasteiger partial charge in [-0.15, -0.1) is 0 Å². The Morgan fingerprint density at radius 1 is 1.67 bits per heavy atom. The lowest BCUT2D eigenvalue weighted by molar-refractivity contribution is -0.122. The molecule has 0 aromatic rings. The Kier molecular flexibility index (Phi) is 4.00. The molecule has 0 aromatic heterocycles. The number of nitrogens with one attached hydrogen (secondary N) is 2. The van der Waals surface area contributed by atoms with Crippen molar-refractivity contribution in [2.24, 2.45) is 5.73 Å². The summed E-state index contributed by atoms with van der Waals surface area (Å²) in [7, 11) is -3.47. The van der Waals surface area contributed by atoms with E-state index in [2.05, 4.69) is 22.3 Å². The van der Waals surface area contributed by atoms with Crippen molar-refractivity contribution in [1.82, 2.24) is 10.0 Å². The van der Waals surface area contributed by atoms with Crippen LogP contribution in [-0.4, -0.2) is 37.7 Å². The fourth-order valence-electron chi connectivity index (χ4n) is 1.32. The zero-order chi connectivity index (χ0) is 11.5. The van der Waals surface area contributed by atoms with Crippen molar-refractivity contribution in [1.29, 1.82) is 0 Å². The predicted octanol–water partition coefficient (Wildman–Crippen LogP) is -1.53. The van der Waals surface area contributed by atoms with Gasteiger partial charge in [0.1, 0.15) is 5.75 Å². The highest BCUT2D eigenvalue weighted by Crippen LogP contribution is 2.04. The second-order valence-corrected chi connectivity index (χ2v) is 5.66. The van der Waals surface area contributed by atoms with E-state index >= 15 is 0 Å². The lowest BCUT2D eigenvalue weighted by Gasteiger charge is -2.23. The van der Waals surface area contributed by atoms with E-state index in [1.165, 1.54) is 0 Å². The summed E-state index contributed by atoms with van der Waals surface area (Å²) in [5.74, 6) is -0.410. The van der Waals surface area contributed by atoms with E-state index in [1.807, 2.05) is 0 Å². The molecule has 0 saturated carbocycles. The van der Waals surface area contributed by atoms with Gasteiger partial charge in [-0.1, -0.05) is 12.2 Å². The monoisotopic (exact) mass is 251 g/mol. The van der Waals surface area contributed by atoms with Gasteiger partial charge in [0.25, 0.3) is 0 Å². The Morgan fingerprint density at radius 2 is 2.33 bits per heavy atom. The summed E-state index contributed by atoms with van der Waals surface area (Å²) in [6, 6.07) is -0.262. The van der Waals surface area contributed by atoms with Gasteiger partial charge in [-0.05, 0) is 6.42 Å². The molecule has 1 amide bonds. The summed E-state index contributed by atoms with van der Waals surface area (Å²) in [6.45, 7) is 0.315. The van der Waals surface area contributed by atoms with Crippen LogP contribution in [0, 0.1) is 0 Å². The molecule has 0 aromatic carbocycles. The minimum atomic E-state index is -3.47. The Balaban J connectivity index is 2.47. The average Bonchev–Trinajstić information content (AvgIpc) is 2.06. The standard InChI is InChI=1S/C7H13N3O3S2/c8-6(14)4-15(12,13)10-5-1-2-7(11)9-3-5/h5,10H,1-4H2,(H2,8,14)(H,9,11). The number of sulfonamides is 1. The minimum Gasteiger partial charge on any atom is -0.392 e. The van der Waals surface area contributed by atoms with E-state index in [1.54, 1.807) is 0 Å². The van der Waals surface area contributed by atoms with Crippen LogP contribution in [0.15, 0.2) is 0 Å². The summed E-state index contributed by atoms with van der Waals surface area (Å²) in [4.78, 5) is 10.8. The molecule has 1 aliphatic rings. The number of amides is 1. The van der Waals surface area contributed by atoms with Gasteiger partial charge < -0.3 is 11.1 Å². The molecule has 1 saturated heterocycles. The first-order valence-corrected chi connectivity index (χ1v) is 6.50. The third kappa shape index (κ3) is 4.54. The van der Waals surface area contributed by atoms with Crippen molar-refractivity contribution in [2.45, 2.75) is 18.9 Å². The molecule has 1 fully saturated rings. The van der Waals surface area contributed by atoms with Crippen LogP contribution in [0.5, 0.6) is 0 Å². The zero-order valence-electron chi connectivity index (χ0n) is 8.02. The molecule has 0 radical (unpaired) electrons. The van der Waals surface area contributed by atoms with E-state index in [9.17, 15) is 13.2 Å². The Labute approximate surface area is 93.6 Å². The van der Waals surface area contributed by atoms with Crippen molar-refractivity contribution in [3.63, 3.8) is 0 Å². The molecule has 0 spiro atoms. The minimum absolute atomic E-state index is 0.0557. The van der Waals surface area contributed by atoms with Gasteiger partial charge >= 0.3 is 0 Å². The highest BCUT2D eigenvalue weighted by Gasteiger charge is 2.23. The summed E-state index contributed by atoms with van der Waals surface area (Å²) in [6.07, 6.45) is 0.836. The normalized spacial score (nSPS) is 22.1. The molecule has 1 atom stereocenters. The first-order valence-electron chi connectivity index (χ1n) is 4.44. The van der Waals surface area contributed by atoms with Gasteiger partial charge in [0.15, 0.2) is 0 Å². The van der Waals surface area contributed by atoms with Crippen LogP contribution in [0.3, 0.4) is 0 Å². The molecule has 1 rings (SSSR count). The van der Waals surface area contributed by atoms with Crippen LogP contribution in [0.2, 0.25) is 0 Å². The van der Waals surface area contributed by atoms with Crippen LogP contribution < -0.4 is 15.8 Å². The Hall–Kier alpha value is -0.730. The van der Waals surface area contributed by atoms with E-state index in [4.69, 9.17) is 5.73 Å². The second kappa shape index (κ2) is 4.86. The maximum atomic E-state index is 11.4. The lowest BCUT2D eigenvalue weighted by atomic mass is 10.1. The van der Waals surface area contributed by atoms with E-state index in [0.717, 1.165) is 0 Å². The summed E-state index contributed by atoms with van der Waals surface area (Å²) < 4.78 is 25.2. The molecule has 15 heavy (non-hydrogen) atoms. The van der Waals surface area contributed by atoms with Gasteiger partial charge in [-0.25, -0.2) is 13.1 Å². The van der Waals surface area contributed by atoms with Crippen LogP contribution in [0.1, 0.15) is 12.8 Å². The van der Waals surface area contributed by atoms with Crippen LogP contribution in [0.25, 0.3) is 0 Å². The molecule has 0 aliphatic carbocycles. The number of hydrogen-bond acceptors (Lipinski definition) is 4. The third-order valence-corrected chi connectivity index (χ3v) is 3.65. The van der Waals surface area contributed by atoms with Gasteiger partial charge in [0.2, 0.25) is 15.9 Å². The van der Waals surface area contributed by atoms with E-state index in [-0.39, 0.29) is 22.7 Å². The molecule has 86 valence electrons. The molecule has 4 N–H and O–H groups in total. The highest BCUT2D eigenvalue weighted by atomic mass is 32.2. The predicted molar refractivity (Wildman–Crippen MR) is 59.7 cm³/mol. The van der Waals surface area contributed by atoms with Crippen LogP contribution >= 0.6 is 12.2 Å². The molecule has 1 heterocycles. The first kappa shape index (κ1) is 12.3. The van der Waals surface area contributed by atoms with Crippen molar-refractivity contribution in [3.8, 4) is 0 Å². The molecule has 0 bridgehead atoms. The van der Waals surface area contributed by atoms with Crippen LogP contribution in [-0.2, 0) is 14.8 Å². The van der Waals surface area contributed by atoms with Crippen LogP contribution in [0.4, 0.5) is 0 Å². The molecule has 1 unspecified atom stereocenters. The zero-order valence-corrected chi connectivity index (χ0v) is 9.66. The Morgan fingerprint density at radius 3 is 2.80 bits per heavy atom. The van der Waals surface area contributed by atoms with Crippen molar-refractivity contribution in [2.75, 3.05) is 12.3 Å². The number of hydrogen-bond donors (Lipinski definition) is 3. The van der Waals surface area contributed by atoms with Crippen molar-refractivity contribution >= 4 is 33.1 Å². The average molecular weight is 251 g/mol. The number of piperidine rings is 1. The summed E-state index contributed by atoms with van der Waals surface area (Å²) in [5, 5.41) is 2.58. The topological polar surface area (TPSA) is 101 Å². The smallest absolute Gasteiger partial charge is 0.220 e. The van der Waals surface area contributed by atoms with Gasteiger partial charge in [0, 0.05) is 19.0 Å². The van der Waals surface area contributed by atoms with Gasteiger partial charge in [-0.2, -0.15) is 0 Å². The third-order valence-electron chi connectivity index (χ3n) is 1.94. The van der Waals surface area contributed by atoms with E-state index < -0.39 is 10.0 Å². The number of carbonyl (C=O) groups excluding carboxylic acids is 1. The quantitative estimate of drug-likeness (QED) is 0.526. The molecule has 6 nitrogen and oxygen atoms in total. The highest BCUT2D eigenvalue weighted by molar-refractivity contribution is 7.92. The van der Waals surface area contributed by atoms with Crippen molar-refractivity contribution in [3.05, 3.63) is 0 Å². The second-order valence-electron chi connectivity index (χ2n) is 3.38. The maximum Gasteiger partial charge on any atom is 0.220 e. The molecular weight excluding hydrogens is 238 g/mol. The molecule has 8 heteroatoms. The largest absolute Gasteiger partial charge is 0.392 e.